The Balaban J connectivity index is 1.45. The van der Waals surface area contributed by atoms with Gasteiger partial charge in [-0.3, -0.25) is 19.5 Å². The van der Waals surface area contributed by atoms with Crippen molar-refractivity contribution in [3.8, 4) is 23.0 Å². The first-order valence-corrected chi connectivity index (χ1v) is 10.5. The molecule has 35 heavy (non-hydrogen) atoms. The zero-order chi connectivity index (χ0) is 24.9. The van der Waals surface area contributed by atoms with Gasteiger partial charge in [0, 0.05) is 30.8 Å². The molecule has 0 radical (unpaired) electrons. The van der Waals surface area contributed by atoms with Crippen LogP contribution in [-0.4, -0.2) is 29.6 Å². The topological polar surface area (TPSA) is 135 Å². The van der Waals surface area contributed by atoms with Gasteiger partial charge < -0.3 is 23.9 Å². The van der Waals surface area contributed by atoms with Crippen LogP contribution in [0, 0.1) is 10.1 Å². The predicted molar refractivity (Wildman–Crippen MR) is 126 cm³/mol. The number of rotatable bonds is 9. The lowest BCUT2D eigenvalue weighted by atomic mass is 10.2. The summed E-state index contributed by atoms with van der Waals surface area (Å²) in [5, 5.41) is 13.7. The van der Waals surface area contributed by atoms with Gasteiger partial charge in [0.25, 0.3) is 5.69 Å². The number of hydrogen-bond acceptors (Lipinski definition) is 8. The highest BCUT2D eigenvalue weighted by Gasteiger charge is 2.15. The largest absolute Gasteiger partial charge is 0.497 e. The molecule has 1 amide bonds. The van der Waals surface area contributed by atoms with Gasteiger partial charge in [-0.2, -0.15) is 0 Å². The summed E-state index contributed by atoms with van der Waals surface area (Å²) in [6.07, 6.45) is -0.0355. The number of fused-ring (bicyclic) bond motifs is 1. The van der Waals surface area contributed by atoms with Crippen molar-refractivity contribution >= 4 is 28.4 Å². The fourth-order valence-corrected chi connectivity index (χ4v) is 3.42. The van der Waals surface area contributed by atoms with E-state index in [-0.39, 0.29) is 30.1 Å². The standard InChI is InChI=1S/C24H21N3O8/c1-32-17-5-7-18(8-6-17)34-22-13-15(3-10-20(22)33-2)25-23(28)11-12-26-19-9-4-16(27(30)31)14-21(19)35-24(26)29/h3-10,13-14H,11-12H2,1-2H3,(H,25,28). The fraction of sp³-hybridized carbons (Fsp3) is 0.167. The highest BCUT2D eigenvalue weighted by atomic mass is 16.6. The molecule has 0 aliphatic carbocycles. The van der Waals surface area contributed by atoms with Gasteiger partial charge in [-0.15, -0.1) is 0 Å². The van der Waals surface area contributed by atoms with Crippen molar-refractivity contribution < 1.29 is 28.3 Å². The molecule has 0 unspecified atom stereocenters. The lowest BCUT2D eigenvalue weighted by Gasteiger charge is -2.13. The zero-order valence-corrected chi connectivity index (χ0v) is 18.8. The van der Waals surface area contributed by atoms with Crippen molar-refractivity contribution in [2.24, 2.45) is 0 Å². The van der Waals surface area contributed by atoms with E-state index in [0.29, 0.717) is 34.2 Å². The molecule has 1 heterocycles. The van der Waals surface area contributed by atoms with Gasteiger partial charge in [-0.25, -0.2) is 4.79 Å². The van der Waals surface area contributed by atoms with E-state index in [4.69, 9.17) is 18.6 Å². The average molecular weight is 479 g/mol. The van der Waals surface area contributed by atoms with Crippen LogP contribution in [0.3, 0.4) is 0 Å². The summed E-state index contributed by atoms with van der Waals surface area (Å²) in [4.78, 5) is 35.1. The normalized spacial score (nSPS) is 10.7. The second kappa shape index (κ2) is 10.00. The Morgan fingerprint density at radius 2 is 1.74 bits per heavy atom. The maximum atomic E-state index is 12.6. The number of nitrogens with one attached hydrogen (secondary N) is 1. The van der Waals surface area contributed by atoms with Gasteiger partial charge in [0.15, 0.2) is 17.1 Å². The van der Waals surface area contributed by atoms with Crippen LogP contribution in [0.4, 0.5) is 11.4 Å². The number of aryl methyl sites for hydroxylation is 1. The number of oxazole rings is 1. The molecule has 3 aromatic carbocycles. The SMILES string of the molecule is COc1ccc(Oc2cc(NC(=O)CCn3c(=O)oc4cc([N+](=O)[O-])ccc43)ccc2OC)cc1. The van der Waals surface area contributed by atoms with E-state index in [1.54, 1.807) is 49.6 Å². The number of aromatic nitrogens is 1. The van der Waals surface area contributed by atoms with Crippen LogP contribution in [0.15, 0.2) is 69.9 Å². The van der Waals surface area contributed by atoms with Crippen molar-refractivity contribution in [3.63, 3.8) is 0 Å². The highest BCUT2D eigenvalue weighted by Crippen LogP contribution is 2.34. The third-order valence-electron chi connectivity index (χ3n) is 5.16. The van der Waals surface area contributed by atoms with Gasteiger partial charge >= 0.3 is 5.76 Å². The van der Waals surface area contributed by atoms with Crippen molar-refractivity contribution in [1.82, 2.24) is 4.57 Å². The Hall–Kier alpha value is -4.80. The Kier molecular flexibility index (Phi) is 6.67. The molecule has 0 aliphatic rings. The number of benzene rings is 3. The number of methoxy groups -OCH3 is 2. The smallest absolute Gasteiger partial charge is 0.419 e. The van der Waals surface area contributed by atoms with Crippen LogP contribution in [-0.2, 0) is 11.3 Å². The van der Waals surface area contributed by atoms with E-state index >= 15 is 0 Å². The van der Waals surface area contributed by atoms with E-state index in [1.807, 2.05) is 0 Å². The summed E-state index contributed by atoms with van der Waals surface area (Å²) in [5.41, 5.74) is 0.732. The average Bonchev–Trinajstić information content (AvgIpc) is 3.17. The number of hydrogen-bond donors (Lipinski definition) is 1. The lowest BCUT2D eigenvalue weighted by Crippen LogP contribution is -2.19. The number of carbonyl (C=O) groups is 1. The first-order chi connectivity index (χ1) is 16.9. The first-order valence-electron chi connectivity index (χ1n) is 10.5. The Morgan fingerprint density at radius 1 is 1.00 bits per heavy atom. The Bertz CT molecular complexity index is 1440. The van der Waals surface area contributed by atoms with Crippen LogP contribution in [0.2, 0.25) is 0 Å². The summed E-state index contributed by atoms with van der Waals surface area (Å²) >= 11 is 0. The number of anilines is 1. The van der Waals surface area contributed by atoms with Crippen LogP contribution in [0.5, 0.6) is 23.0 Å². The molecule has 0 saturated heterocycles. The van der Waals surface area contributed by atoms with Gasteiger partial charge in [0.1, 0.15) is 11.5 Å². The molecular weight excluding hydrogens is 458 g/mol. The molecule has 11 heteroatoms. The van der Waals surface area contributed by atoms with Crippen molar-refractivity contribution in [2.75, 3.05) is 19.5 Å². The van der Waals surface area contributed by atoms with Crippen LogP contribution < -0.4 is 25.3 Å². The quantitative estimate of drug-likeness (QED) is 0.277. The van der Waals surface area contributed by atoms with Gasteiger partial charge in [-0.05, 0) is 42.5 Å². The number of amides is 1. The molecule has 180 valence electrons. The monoisotopic (exact) mass is 479 g/mol. The summed E-state index contributed by atoms with van der Waals surface area (Å²) in [6.45, 7) is 0.0286. The molecule has 1 aromatic heterocycles. The molecule has 4 aromatic rings. The number of ether oxygens (including phenoxy) is 3. The summed E-state index contributed by atoms with van der Waals surface area (Å²) < 4.78 is 22.7. The molecule has 0 atom stereocenters. The van der Waals surface area contributed by atoms with Crippen LogP contribution >= 0.6 is 0 Å². The minimum absolute atomic E-state index is 0.0286. The first kappa shape index (κ1) is 23.4. The molecule has 0 spiro atoms. The van der Waals surface area contributed by atoms with E-state index < -0.39 is 10.7 Å². The lowest BCUT2D eigenvalue weighted by molar-refractivity contribution is -0.384. The number of non-ortho nitro benzene ring substituents is 1. The van der Waals surface area contributed by atoms with Gasteiger partial charge in [0.05, 0.1) is 30.7 Å². The molecule has 0 bridgehead atoms. The Morgan fingerprint density at radius 3 is 2.43 bits per heavy atom. The fourth-order valence-electron chi connectivity index (χ4n) is 3.42. The predicted octanol–water partition coefficient (Wildman–Crippen LogP) is 4.34. The highest BCUT2D eigenvalue weighted by molar-refractivity contribution is 5.91. The van der Waals surface area contributed by atoms with E-state index in [2.05, 4.69) is 5.32 Å². The van der Waals surface area contributed by atoms with Crippen LogP contribution in [0.25, 0.3) is 11.1 Å². The minimum Gasteiger partial charge on any atom is -0.497 e. The summed E-state index contributed by atoms with van der Waals surface area (Å²) in [5.74, 6) is 1.06. The molecule has 0 aliphatic heterocycles. The molecular formula is C24H21N3O8. The number of nitro groups is 1. The molecule has 4 rings (SSSR count). The van der Waals surface area contributed by atoms with E-state index in [9.17, 15) is 19.7 Å². The summed E-state index contributed by atoms with van der Waals surface area (Å²) in [6, 6.07) is 15.8. The molecule has 0 saturated carbocycles. The third-order valence-corrected chi connectivity index (χ3v) is 5.16. The Labute approximate surface area is 198 Å². The van der Waals surface area contributed by atoms with E-state index in [1.165, 1.54) is 29.9 Å². The minimum atomic E-state index is -0.701. The number of nitro benzene ring substituents is 1. The van der Waals surface area contributed by atoms with Gasteiger partial charge in [-0.1, -0.05) is 0 Å². The maximum Gasteiger partial charge on any atom is 0.419 e. The summed E-state index contributed by atoms with van der Waals surface area (Å²) in [7, 11) is 3.08. The third kappa shape index (κ3) is 5.24. The van der Waals surface area contributed by atoms with Crippen molar-refractivity contribution in [1.29, 1.82) is 0 Å². The van der Waals surface area contributed by atoms with Crippen molar-refractivity contribution in [2.45, 2.75) is 13.0 Å². The molecule has 0 fully saturated rings. The molecule has 11 nitrogen and oxygen atoms in total. The second-order valence-corrected chi connectivity index (χ2v) is 7.37. The molecule has 1 N–H and O–H groups in total. The van der Waals surface area contributed by atoms with Crippen molar-refractivity contribution in [3.05, 3.63) is 81.3 Å². The second-order valence-electron chi connectivity index (χ2n) is 7.37. The van der Waals surface area contributed by atoms with Gasteiger partial charge in [0.2, 0.25) is 5.91 Å². The number of carbonyl (C=O) groups excluding carboxylic acids is 1. The zero-order valence-electron chi connectivity index (χ0n) is 18.8. The number of nitrogens with zero attached hydrogens (tertiary/aromatic N) is 2. The maximum absolute atomic E-state index is 12.6. The van der Waals surface area contributed by atoms with E-state index in [0.717, 1.165) is 0 Å². The van der Waals surface area contributed by atoms with Crippen LogP contribution in [0.1, 0.15) is 6.42 Å².